The Morgan fingerprint density at radius 2 is 1.14 bits per heavy atom. The molecule has 28 heavy (non-hydrogen) atoms. The van der Waals surface area contributed by atoms with Gasteiger partial charge in [0.15, 0.2) is 0 Å². The third-order valence-corrected chi connectivity index (χ3v) is 4.04. The van der Waals surface area contributed by atoms with Crippen molar-refractivity contribution in [2.75, 3.05) is 0 Å². The molecule has 0 aromatic heterocycles. The van der Waals surface area contributed by atoms with E-state index < -0.39 is 0 Å². The van der Waals surface area contributed by atoms with Crippen molar-refractivity contribution in [3.8, 4) is 0 Å². The summed E-state index contributed by atoms with van der Waals surface area (Å²) in [7, 11) is 0. The zero-order valence-electron chi connectivity index (χ0n) is 16.3. The minimum Gasteiger partial charge on any atom is -0.252 e. The van der Waals surface area contributed by atoms with Gasteiger partial charge in [-0.15, -0.1) is 0 Å². The van der Waals surface area contributed by atoms with Crippen molar-refractivity contribution in [3.63, 3.8) is 0 Å². The molecule has 0 fully saturated rings. The SMILES string of the molecule is CC/C(C=Cc1ccccc1)=N\NC(=S)N/N=C(/C=Cc1ccccc1)CC. The highest BCUT2D eigenvalue weighted by molar-refractivity contribution is 7.80. The lowest BCUT2D eigenvalue weighted by Gasteiger charge is -2.05. The predicted octanol–water partition coefficient (Wildman–Crippen LogP) is 5.41. The Morgan fingerprint density at radius 1 is 0.750 bits per heavy atom. The number of hydrazone groups is 2. The van der Waals surface area contributed by atoms with E-state index in [-0.39, 0.29) is 0 Å². The maximum atomic E-state index is 5.26. The summed E-state index contributed by atoms with van der Waals surface area (Å²) in [4.78, 5) is 0. The Kier molecular flexibility index (Phi) is 9.38. The fraction of sp³-hybridized carbons (Fsp3) is 0.174. The van der Waals surface area contributed by atoms with Crippen LogP contribution in [0.25, 0.3) is 12.2 Å². The summed E-state index contributed by atoms with van der Waals surface area (Å²) in [5.41, 5.74) is 9.76. The summed E-state index contributed by atoms with van der Waals surface area (Å²) >= 11 is 5.26. The molecule has 0 spiro atoms. The van der Waals surface area contributed by atoms with E-state index in [1.165, 1.54) is 0 Å². The largest absolute Gasteiger partial charge is 0.252 e. The van der Waals surface area contributed by atoms with Crippen LogP contribution in [0.3, 0.4) is 0 Å². The van der Waals surface area contributed by atoms with Crippen molar-refractivity contribution in [2.45, 2.75) is 26.7 Å². The van der Waals surface area contributed by atoms with Gasteiger partial charge in [-0.1, -0.05) is 86.7 Å². The molecular weight excluding hydrogens is 364 g/mol. The molecule has 0 aliphatic rings. The number of hydrogen-bond acceptors (Lipinski definition) is 3. The van der Waals surface area contributed by atoms with Crippen LogP contribution in [0.1, 0.15) is 37.8 Å². The molecule has 0 aliphatic heterocycles. The van der Waals surface area contributed by atoms with E-state index in [0.29, 0.717) is 5.11 Å². The van der Waals surface area contributed by atoms with Gasteiger partial charge in [-0.25, -0.2) is 0 Å². The van der Waals surface area contributed by atoms with Crippen molar-refractivity contribution in [2.24, 2.45) is 10.2 Å². The van der Waals surface area contributed by atoms with Crippen molar-refractivity contribution in [1.82, 2.24) is 10.9 Å². The van der Waals surface area contributed by atoms with Gasteiger partial charge in [0.1, 0.15) is 0 Å². The van der Waals surface area contributed by atoms with Gasteiger partial charge in [-0.2, -0.15) is 10.2 Å². The van der Waals surface area contributed by atoms with Gasteiger partial charge in [0, 0.05) is 0 Å². The van der Waals surface area contributed by atoms with E-state index in [0.717, 1.165) is 35.4 Å². The summed E-state index contributed by atoms with van der Waals surface area (Å²) in [5.74, 6) is 0. The Morgan fingerprint density at radius 3 is 1.50 bits per heavy atom. The average molecular weight is 391 g/mol. The molecule has 0 saturated heterocycles. The van der Waals surface area contributed by atoms with Crippen LogP contribution in [-0.2, 0) is 0 Å². The topological polar surface area (TPSA) is 48.8 Å². The predicted molar refractivity (Wildman–Crippen MR) is 125 cm³/mol. The second-order valence-electron chi connectivity index (χ2n) is 5.95. The van der Waals surface area contributed by atoms with Crippen LogP contribution in [0, 0.1) is 0 Å². The molecule has 0 aliphatic carbocycles. The van der Waals surface area contributed by atoms with Crippen LogP contribution >= 0.6 is 12.2 Å². The fourth-order valence-electron chi connectivity index (χ4n) is 2.25. The molecule has 0 heterocycles. The van der Waals surface area contributed by atoms with Gasteiger partial charge in [-0.05, 0) is 48.3 Å². The lowest BCUT2D eigenvalue weighted by atomic mass is 10.2. The highest BCUT2D eigenvalue weighted by atomic mass is 32.1. The minimum absolute atomic E-state index is 0.359. The number of allylic oxidation sites excluding steroid dienone is 2. The lowest BCUT2D eigenvalue weighted by Crippen LogP contribution is -2.29. The fourth-order valence-corrected chi connectivity index (χ4v) is 2.34. The number of nitrogens with zero attached hydrogens (tertiary/aromatic N) is 2. The summed E-state index contributed by atoms with van der Waals surface area (Å²) in [5, 5.41) is 9.05. The summed E-state index contributed by atoms with van der Waals surface area (Å²) in [6.07, 6.45) is 9.61. The third-order valence-electron chi connectivity index (χ3n) is 3.86. The van der Waals surface area contributed by atoms with Gasteiger partial charge in [0.05, 0.1) is 11.4 Å². The van der Waals surface area contributed by atoms with E-state index in [1.54, 1.807) is 0 Å². The summed E-state index contributed by atoms with van der Waals surface area (Å²) in [6.45, 7) is 4.10. The van der Waals surface area contributed by atoms with Crippen molar-refractivity contribution >= 4 is 40.9 Å². The first-order valence-corrected chi connectivity index (χ1v) is 9.77. The van der Waals surface area contributed by atoms with Crippen LogP contribution < -0.4 is 10.9 Å². The first kappa shape index (κ1) is 21.3. The second kappa shape index (κ2) is 12.4. The van der Waals surface area contributed by atoms with Crippen LogP contribution in [0.4, 0.5) is 0 Å². The quantitative estimate of drug-likeness (QED) is 0.360. The van der Waals surface area contributed by atoms with Crippen LogP contribution in [0.2, 0.25) is 0 Å². The van der Waals surface area contributed by atoms with Crippen molar-refractivity contribution in [3.05, 3.63) is 83.9 Å². The van der Waals surface area contributed by atoms with Crippen molar-refractivity contribution < 1.29 is 0 Å². The molecule has 2 N–H and O–H groups in total. The van der Waals surface area contributed by atoms with Crippen LogP contribution in [0.5, 0.6) is 0 Å². The molecule has 0 radical (unpaired) electrons. The molecule has 0 saturated carbocycles. The van der Waals surface area contributed by atoms with Gasteiger partial charge in [-0.3, -0.25) is 10.9 Å². The molecular formula is C23H26N4S. The first-order chi connectivity index (χ1) is 13.7. The standard InChI is InChI=1S/C23H26N4S/c1-3-21(17-15-19-11-7-5-8-12-19)24-26-23(28)27-25-22(4-2)18-16-20-13-9-6-10-14-20/h5-18H,3-4H2,1-2H3,(H2,26,27,28)/b17-15?,18-16?,24-21+,25-22+. The van der Waals surface area contributed by atoms with E-state index >= 15 is 0 Å². The number of hydrogen-bond donors (Lipinski definition) is 2. The minimum atomic E-state index is 0.359. The number of rotatable bonds is 8. The second-order valence-corrected chi connectivity index (χ2v) is 6.36. The summed E-state index contributed by atoms with van der Waals surface area (Å²) < 4.78 is 0. The Labute approximate surface area is 172 Å². The van der Waals surface area contributed by atoms with Crippen LogP contribution in [-0.4, -0.2) is 16.5 Å². The van der Waals surface area contributed by atoms with Gasteiger partial charge in [0.25, 0.3) is 0 Å². The first-order valence-electron chi connectivity index (χ1n) is 9.36. The third kappa shape index (κ3) is 8.10. The average Bonchev–Trinajstić information content (AvgIpc) is 2.75. The molecule has 2 rings (SSSR count). The van der Waals surface area contributed by atoms with E-state index in [9.17, 15) is 0 Å². The molecule has 0 unspecified atom stereocenters. The highest BCUT2D eigenvalue weighted by Gasteiger charge is 1.96. The Balaban J connectivity index is 1.90. The molecule has 2 aromatic rings. The van der Waals surface area contributed by atoms with E-state index in [1.807, 2.05) is 98.8 Å². The maximum Gasteiger partial charge on any atom is 0.207 e. The molecule has 0 amide bonds. The van der Waals surface area contributed by atoms with Gasteiger partial charge < -0.3 is 0 Å². The van der Waals surface area contributed by atoms with Crippen molar-refractivity contribution in [1.29, 1.82) is 0 Å². The zero-order valence-corrected chi connectivity index (χ0v) is 17.1. The highest BCUT2D eigenvalue weighted by Crippen LogP contribution is 2.03. The Hall–Kier alpha value is -3.05. The molecule has 5 heteroatoms. The lowest BCUT2D eigenvalue weighted by molar-refractivity contribution is 0.918. The smallest absolute Gasteiger partial charge is 0.207 e. The molecule has 0 atom stereocenters. The normalized spacial score (nSPS) is 12.5. The monoisotopic (exact) mass is 390 g/mol. The number of benzene rings is 2. The van der Waals surface area contributed by atoms with Crippen LogP contribution in [0.15, 0.2) is 83.0 Å². The Bertz CT molecular complexity index is 781. The molecule has 0 bridgehead atoms. The molecule has 144 valence electrons. The maximum absolute atomic E-state index is 5.26. The van der Waals surface area contributed by atoms with E-state index in [4.69, 9.17) is 12.2 Å². The molecule has 4 nitrogen and oxygen atoms in total. The number of nitrogens with one attached hydrogen (secondary N) is 2. The summed E-state index contributed by atoms with van der Waals surface area (Å²) in [6, 6.07) is 20.2. The zero-order chi connectivity index (χ0) is 20.0. The molecule has 2 aromatic carbocycles. The number of thiocarbonyl (C=S) groups is 1. The van der Waals surface area contributed by atoms with Gasteiger partial charge >= 0.3 is 0 Å². The van der Waals surface area contributed by atoms with Gasteiger partial charge in [0.2, 0.25) is 5.11 Å². The van der Waals surface area contributed by atoms with E-state index in [2.05, 4.69) is 21.1 Å².